The minimum atomic E-state index is -3.51. The van der Waals surface area contributed by atoms with Gasteiger partial charge in [-0.1, -0.05) is 47.7 Å². The third kappa shape index (κ3) is 4.97. The predicted octanol–water partition coefficient (Wildman–Crippen LogP) is 5.00. The molecule has 0 N–H and O–H groups in total. The Morgan fingerprint density at radius 1 is 1.11 bits per heavy atom. The number of piperidine rings is 1. The number of thiazole rings is 1. The molecule has 4 aromatic rings. The van der Waals surface area contributed by atoms with E-state index in [0.29, 0.717) is 41.8 Å². The number of methoxy groups -OCH3 is 1. The summed E-state index contributed by atoms with van der Waals surface area (Å²) in [6.07, 6.45) is 0.959. The predicted molar refractivity (Wildman–Crippen MR) is 140 cm³/mol. The first-order chi connectivity index (χ1) is 17.0. The normalized spacial score (nSPS) is 15.3. The summed E-state index contributed by atoms with van der Waals surface area (Å²) in [4.78, 5) is 20.3. The van der Waals surface area contributed by atoms with E-state index in [-0.39, 0.29) is 11.8 Å². The van der Waals surface area contributed by atoms with Crippen LogP contribution in [-0.4, -0.2) is 43.8 Å². The fraction of sp³-hybridized carbons (Fsp3) is 0.280. The maximum Gasteiger partial charge on any atom is 0.252 e. The van der Waals surface area contributed by atoms with Crippen molar-refractivity contribution in [2.45, 2.75) is 23.6 Å². The number of hydrogen-bond donors (Lipinski definition) is 0. The molecule has 10 heteroatoms. The van der Waals surface area contributed by atoms with Gasteiger partial charge in [0.05, 0.1) is 23.9 Å². The van der Waals surface area contributed by atoms with Crippen molar-refractivity contribution in [3.8, 4) is 5.75 Å². The van der Waals surface area contributed by atoms with Crippen LogP contribution in [0.1, 0.15) is 18.4 Å². The molecule has 5 rings (SSSR count). The largest absolute Gasteiger partial charge is 0.497 e. The van der Waals surface area contributed by atoms with Crippen LogP contribution < -0.4 is 9.64 Å². The average molecular weight is 528 g/mol. The van der Waals surface area contributed by atoms with Gasteiger partial charge in [0, 0.05) is 19.0 Å². The van der Waals surface area contributed by atoms with Gasteiger partial charge in [-0.15, -0.1) is 11.3 Å². The van der Waals surface area contributed by atoms with Crippen LogP contribution in [0.5, 0.6) is 5.75 Å². The zero-order chi connectivity index (χ0) is 24.4. The molecule has 1 aliphatic heterocycles. The summed E-state index contributed by atoms with van der Waals surface area (Å²) in [6, 6.07) is 18.9. The number of aromatic nitrogens is 1. The molecular weight excluding hydrogens is 502 g/mol. The number of thiophene rings is 1. The van der Waals surface area contributed by atoms with E-state index >= 15 is 0 Å². The topological polar surface area (TPSA) is 79.8 Å². The van der Waals surface area contributed by atoms with E-state index in [0.717, 1.165) is 21.5 Å². The van der Waals surface area contributed by atoms with E-state index in [9.17, 15) is 13.2 Å². The lowest BCUT2D eigenvalue weighted by atomic mass is 9.96. The molecule has 0 atom stereocenters. The SMILES string of the molecule is COc1ccc2nc(N(Cc3ccccc3)C(=O)C3CCN(S(=O)(=O)c4cccs4)CC3)sc2c1. The smallest absolute Gasteiger partial charge is 0.252 e. The summed E-state index contributed by atoms with van der Waals surface area (Å²) in [5.74, 6) is 0.455. The molecular formula is C25H25N3O4S3. The minimum absolute atomic E-state index is 0.0203. The van der Waals surface area contributed by atoms with E-state index in [1.165, 1.54) is 27.0 Å². The van der Waals surface area contributed by atoms with E-state index in [1.54, 1.807) is 29.5 Å². The average Bonchev–Trinajstić information content (AvgIpc) is 3.58. The maximum absolute atomic E-state index is 13.8. The lowest BCUT2D eigenvalue weighted by Gasteiger charge is -2.32. The van der Waals surface area contributed by atoms with Crippen LogP contribution in [0.4, 0.5) is 5.13 Å². The molecule has 0 bridgehead atoms. The highest BCUT2D eigenvalue weighted by atomic mass is 32.2. The molecule has 7 nitrogen and oxygen atoms in total. The van der Waals surface area contributed by atoms with Crippen molar-refractivity contribution >= 4 is 54.0 Å². The zero-order valence-corrected chi connectivity index (χ0v) is 21.6. The number of nitrogens with zero attached hydrogens (tertiary/aromatic N) is 3. The van der Waals surface area contributed by atoms with Gasteiger partial charge in [0.2, 0.25) is 5.91 Å². The Balaban J connectivity index is 1.39. The molecule has 35 heavy (non-hydrogen) atoms. The van der Waals surface area contributed by atoms with Crippen molar-refractivity contribution < 1.29 is 17.9 Å². The van der Waals surface area contributed by atoms with Crippen molar-refractivity contribution in [2.24, 2.45) is 5.92 Å². The second-order valence-corrected chi connectivity index (χ2v) is 12.5. The van der Waals surface area contributed by atoms with Crippen LogP contribution >= 0.6 is 22.7 Å². The van der Waals surface area contributed by atoms with Crippen LogP contribution in [0.3, 0.4) is 0 Å². The summed E-state index contributed by atoms with van der Waals surface area (Å²) in [5, 5.41) is 2.40. The third-order valence-corrected chi connectivity index (χ3v) is 10.5. The summed E-state index contributed by atoms with van der Waals surface area (Å²) >= 11 is 2.68. The van der Waals surface area contributed by atoms with Gasteiger partial charge < -0.3 is 4.74 Å². The van der Waals surface area contributed by atoms with Crippen LogP contribution in [-0.2, 0) is 21.4 Å². The summed E-state index contributed by atoms with van der Waals surface area (Å²) in [6.45, 7) is 1.06. The highest BCUT2D eigenvalue weighted by Crippen LogP contribution is 2.34. The van der Waals surface area contributed by atoms with Gasteiger partial charge in [-0.05, 0) is 48.1 Å². The number of hydrogen-bond acceptors (Lipinski definition) is 7. The molecule has 0 spiro atoms. The molecule has 1 fully saturated rings. The van der Waals surface area contributed by atoms with Gasteiger partial charge in [-0.2, -0.15) is 4.31 Å². The number of fused-ring (bicyclic) bond motifs is 1. The molecule has 3 heterocycles. The van der Waals surface area contributed by atoms with Gasteiger partial charge in [0.1, 0.15) is 9.96 Å². The quantitative estimate of drug-likeness (QED) is 0.338. The van der Waals surface area contributed by atoms with Crippen LogP contribution in [0.15, 0.2) is 70.3 Å². The van der Waals surface area contributed by atoms with Gasteiger partial charge in [-0.25, -0.2) is 13.4 Å². The standard InChI is InChI=1S/C25H25N3O4S3/c1-32-20-9-10-21-22(16-20)34-25(26-21)28(17-18-6-3-2-4-7-18)24(29)19-11-13-27(14-12-19)35(30,31)23-8-5-15-33-23/h2-10,15-16,19H,11-14,17H2,1H3. The van der Waals surface area contributed by atoms with Gasteiger partial charge in [0.25, 0.3) is 10.0 Å². The monoisotopic (exact) mass is 527 g/mol. The van der Waals surface area contributed by atoms with Crippen molar-refractivity contribution in [3.05, 3.63) is 71.6 Å². The Morgan fingerprint density at radius 3 is 2.57 bits per heavy atom. The summed E-state index contributed by atoms with van der Waals surface area (Å²) in [7, 11) is -1.88. The van der Waals surface area contributed by atoms with Crippen molar-refractivity contribution in [3.63, 3.8) is 0 Å². The first-order valence-corrected chi connectivity index (χ1v) is 14.4. The molecule has 2 aromatic heterocycles. The fourth-order valence-electron chi connectivity index (χ4n) is 4.24. The molecule has 0 saturated carbocycles. The Hall–Kier alpha value is -2.79. The van der Waals surface area contributed by atoms with Crippen LogP contribution in [0.25, 0.3) is 10.2 Å². The van der Waals surface area contributed by atoms with Crippen LogP contribution in [0, 0.1) is 5.92 Å². The highest BCUT2D eigenvalue weighted by molar-refractivity contribution is 7.91. The fourth-order valence-corrected chi connectivity index (χ4v) is 7.85. The second-order valence-electron chi connectivity index (χ2n) is 8.35. The molecule has 182 valence electrons. The third-order valence-electron chi connectivity index (χ3n) is 6.16. The molecule has 1 amide bonds. The Morgan fingerprint density at radius 2 is 1.89 bits per heavy atom. The Labute approximate surface area is 212 Å². The summed E-state index contributed by atoms with van der Waals surface area (Å²) < 4.78 is 33.9. The van der Waals surface area contributed by atoms with Gasteiger partial charge in [-0.3, -0.25) is 9.69 Å². The Bertz CT molecular complexity index is 1410. The van der Waals surface area contributed by atoms with Crippen molar-refractivity contribution in [1.82, 2.24) is 9.29 Å². The number of anilines is 1. The maximum atomic E-state index is 13.8. The van der Waals surface area contributed by atoms with Crippen molar-refractivity contribution in [1.29, 1.82) is 0 Å². The highest BCUT2D eigenvalue weighted by Gasteiger charge is 2.35. The van der Waals surface area contributed by atoms with Gasteiger partial charge >= 0.3 is 0 Å². The molecule has 0 aliphatic carbocycles. The molecule has 1 aliphatic rings. The lowest BCUT2D eigenvalue weighted by molar-refractivity contribution is -0.123. The molecule has 2 aromatic carbocycles. The number of carbonyl (C=O) groups is 1. The van der Waals surface area contributed by atoms with E-state index in [1.807, 2.05) is 48.5 Å². The van der Waals surface area contributed by atoms with E-state index in [4.69, 9.17) is 9.72 Å². The number of ether oxygens (including phenoxy) is 1. The summed E-state index contributed by atoms with van der Waals surface area (Å²) in [5.41, 5.74) is 1.82. The van der Waals surface area contributed by atoms with Crippen LogP contribution in [0.2, 0.25) is 0 Å². The van der Waals surface area contributed by atoms with Crippen molar-refractivity contribution in [2.75, 3.05) is 25.1 Å². The van der Waals surface area contributed by atoms with E-state index in [2.05, 4.69) is 0 Å². The Kier molecular flexibility index (Phi) is 6.88. The number of carbonyl (C=O) groups excluding carboxylic acids is 1. The number of sulfonamides is 1. The molecule has 1 saturated heterocycles. The number of rotatable bonds is 7. The van der Waals surface area contributed by atoms with Gasteiger partial charge in [0.15, 0.2) is 5.13 Å². The first-order valence-electron chi connectivity index (χ1n) is 11.3. The number of benzene rings is 2. The number of amides is 1. The van der Waals surface area contributed by atoms with E-state index < -0.39 is 10.0 Å². The first kappa shape index (κ1) is 23.9. The second kappa shape index (κ2) is 10.1. The lowest BCUT2D eigenvalue weighted by Crippen LogP contribution is -2.44. The molecule has 0 radical (unpaired) electrons. The zero-order valence-electron chi connectivity index (χ0n) is 19.2. The molecule has 0 unspecified atom stereocenters. The minimum Gasteiger partial charge on any atom is -0.497 e.